The van der Waals surface area contributed by atoms with Crippen LogP contribution in [-0.4, -0.2) is 21.0 Å². The summed E-state index contributed by atoms with van der Waals surface area (Å²) in [5, 5.41) is 13.0. The van der Waals surface area contributed by atoms with Gasteiger partial charge in [0.25, 0.3) is 0 Å². The summed E-state index contributed by atoms with van der Waals surface area (Å²) in [6.07, 6.45) is 4.55. The first-order chi connectivity index (χ1) is 9.61. The first kappa shape index (κ1) is 13.1. The lowest BCUT2D eigenvalue weighted by Gasteiger charge is -2.06. The van der Waals surface area contributed by atoms with E-state index in [-0.39, 0.29) is 5.56 Å². The predicted molar refractivity (Wildman–Crippen MR) is 78.0 cm³/mol. The molecule has 0 fully saturated rings. The molecule has 0 aromatic carbocycles. The molecule has 0 unspecified atom stereocenters. The second-order valence-electron chi connectivity index (χ2n) is 4.91. The van der Waals surface area contributed by atoms with Gasteiger partial charge in [0.2, 0.25) is 0 Å². The SMILES string of the molecule is Cc1cc(C(=O)O)cc(Nc2nc3c(s2)CCCC3)n1. The fraction of sp³-hybridized carbons (Fsp3) is 0.357. The summed E-state index contributed by atoms with van der Waals surface area (Å²) in [5.41, 5.74) is 2.09. The number of hydrogen-bond acceptors (Lipinski definition) is 5. The number of aromatic nitrogens is 2. The molecule has 2 heterocycles. The van der Waals surface area contributed by atoms with Crippen LogP contribution in [0.15, 0.2) is 12.1 Å². The Bertz CT molecular complexity index is 643. The van der Waals surface area contributed by atoms with Crippen LogP contribution in [0.3, 0.4) is 0 Å². The van der Waals surface area contributed by atoms with E-state index in [9.17, 15) is 4.79 Å². The van der Waals surface area contributed by atoms with Crippen LogP contribution in [0.2, 0.25) is 0 Å². The van der Waals surface area contributed by atoms with Crippen molar-refractivity contribution in [1.82, 2.24) is 9.97 Å². The van der Waals surface area contributed by atoms with Crippen LogP contribution >= 0.6 is 11.3 Å². The topological polar surface area (TPSA) is 75.1 Å². The number of carbonyl (C=O) groups is 1. The van der Waals surface area contributed by atoms with E-state index in [2.05, 4.69) is 15.3 Å². The fourth-order valence-corrected chi connectivity index (χ4v) is 3.43. The Morgan fingerprint density at radius 3 is 2.85 bits per heavy atom. The number of pyridine rings is 1. The Morgan fingerprint density at radius 2 is 2.10 bits per heavy atom. The van der Waals surface area contributed by atoms with Crippen LogP contribution in [-0.2, 0) is 12.8 Å². The summed E-state index contributed by atoms with van der Waals surface area (Å²) in [6.45, 7) is 1.78. The van der Waals surface area contributed by atoms with Crippen LogP contribution < -0.4 is 5.32 Å². The standard InChI is InChI=1S/C14H15N3O2S/c1-8-6-9(13(18)19)7-12(15-8)17-14-16-10-4-2-3-5-11(10)20-14/h6-7H,2-5H2,1H3,(H,18,19)(H,15,16,17). The zero-order valence-electron chi connectivity index (χ0n) is 11.1. The first-order valence-electron chi connectivity index (χ1n) is 6.59. The van der Waals surface area contributed by atoms with Crippen LogP contribution in [0, 0.1) is 6.92 Å². The minimum atomic E-state index is -0.947. The van der Waals surface area contributed by atoms with Crippen molar-refractivity contribution in [2.75, 3.05) is 5.32 Å². The van der Waals surface area contributed by atoms with Crippen molar-refractivity contribution in [1.29, 1.82) is 0 Å². The number of thiazole rings is 1. The van der Waals surface area contributed by atoms with E-state index >= 15 is 0 Å². The van der Waals surface area contributed by atoms with Gasteiger partial charge in [0.05, 0.1) is 11.3 Å². The maximum Gasteiger partial charge on any atom is 0.335 e. The van der Waals surface area contributed by atoms with Gasteiger partial charge in [-0.25, -0.2) is 14.8 Å². The van der Waals surface area contributed by atoms with E-state index in [0.717, 1.165) is 18.0 Å². The molecular weight excluding hydrogens is 274 g/mol. The van der Waals surface area contributed by atoms with Gasteiger partial charge < -0.3 is 10.4 Å². The molecule has 2 aromatic rings. The predicted octanol–water partition coefficient (Wildman–Crippen LogP) is 3.17. The van der Waals surface area contributed by atoms with Gasteiger partial charge in [-0.2, -0.15) is 0 Å². The molecule has 0 saturated heterocycles. The van der Waals surface area contributed by atoms with Gasteiger partial charge in [-0.15, -0.1) is 11.3 Å². The molecule has 2 N–H and O–H groups in total. The number of aromatic carboxylic acids is 1. The summed E-state index contributed by atoms with van der Waals surface area (Å²) >= 11 is 1.64. The number of anilines is 2. The van der Waals surface area contributed by atoms with Gasteiger partial charge in [0.1, 0.15) is 5.82 Å². The van der Waals surface area contributed by atoms with Crippen molar-refractivity contribution in [3.63, 3.8) is 0 Å². The van der Waals surface area contributed by atoms with E-state index in [4.69, 9.17) is 5.11 Å². The van der Waals surface area contributed by atoms with E-state index in [1.165, 1.54) is 29.5 Å². The number of nitrogens with one attached hydrogen (secondary N) is 1. The zero-order valence-corrected chi connectivity index (χ0v) is 12.0. The van der Waals surface area contributed by atoms with Crippen LogP contribution in [0.25, 0.3) is 0 Å². The number of nitrogens with zero attached hydrogens (tertiary/aromatic N) is 2. The monoisotopic (exact) mass is 289 g/mol. The fourth-order valence-electron chi connectivity index (χ4n) is 2.37. The molecule has 0 aliphatic heterocycles. The quantitative estimate of drug-likeness (QED) is 0.907. The smallest absolute Gasteiger partial charge is 0.335 e. The molecule has 104 valence electrons. The van der Waals surface area contributed by atoms with Crippen molar-refractivity contribution < 1.29 is 9.90 Å². The minimum absolute atomic E-state index is 0.237. The number of aryl methyl sites for hydroxylation is 3. The highest BCUT2D eigenvalue weighted by atomic mass is 32.1. The van der Waals surface area contributed by atoms with Gasteiger partial charge in [-0.05, 0) is 44.7 Å². The van der Waals surface area contributed by atoms with E-state index < -0.39 is 5.97 Å². The van der Waals surface area contributed by atoms with Crippen LogP contribution in [0.1, 0.15) is 39.5 Å². The summed E-state index contributed by atoms with van der Waals surface area (Å²) in [4.78, 5) is 21.3. The molecule has 3 rings (SSSR count). The molecule has 0 spiro atoms. The van der Waals surface area contributed by atoms with Crippen molar-refractivity contribution in [2.24, 2.45) is 0 Å². The third kappa shape index (κ3) is 2.65. The Morgan fingerprint density at radius 1 is 1.30 bits per heavy atom. The lowest BCUT2D eigenvalue weighted by atomic mass is 10.0. The Kier molecular flexibility index (Phi) is 3.40. The highest BCUT2D eigenvalue weighted by Gasteiger charge is 2.15. The summed E-state index contributed by atoms with van der Waals surface area (Å²) in [7, 11) is 0. The maximum absolute atomic E-state index is 11.0. The second-order valence-corrected chi connectivity index (χ2v) is 5.99. The molecule has 0 saturated carbocycles. The number of hydrogen-bond donors (Lipinski definition) is 2. The Labute approximate surface area is 120 Å². The number of carboxylic acids is 1. The molecule has 2 aromatic heterocycles. The minimum Gasteiger partial charge on any atom is -0.478 e. The van der Waals surface area contributed by atoms with Crippen LogP contribution in [0.5, 0.6) is 0 Å². The van der Waals surface area contributed by atoms with Gasteiger partial charge in [0, 0.05) is 10.6 Å². The second kappa shape index (κ2) is 5.20. The van der Waals surface area contributed by atoms with E-state index in [1.54, 1.807) is 24.3 Å². The third-order valence-electron chi connectivity index (χ3n) is 3.28. The molecule has 1 aliphatic rings. The Balaban J connectivity index is 1.87. The largest absolute Gasteiger partial charge is 0.478 e. The lowest BCUT2D eigenvalue weighted by Crippen LogP contribution is -2.02. The molecule has 0 radical (unpaired) electrons. The van der Waals surface area contributed by atoms with Crippen molar-refractivity contribution in [3.05, 3.63) is 34.0 Å². The van der Waals surface area contributed by atoms with Gasteiger partial charge in [-0.1, -0.05) is 0 Å². The maximum atomic E-state index is 11.0. The number of carboxylic acid groups (broad SMARTS) is 1. The van der Waals surface area contributed by atoms with Crippen LogP contribution in [0.4, 0.5) is 10.9 Å². The highest BCUT2D eigenvalue weighted by Crippen LogP contribution is 2.31. The molecule has 6 heteroatoms. The summed E-state index contributed by atoms with van der Waals surface area (Å²) in [6, 6.07) is 3.09. The van der Waals surface area contributed by atoms with E-state index in [0.29, 0.717) is 11.5 Å². The number of rotatable bonds is 3. The Hall–Kier alpha value is -1.95. The van der Waals surface area contributed by atoms with Crippen molar-refractivity contribution in [3.8, 4) is 0 Å². The van der Waals surface area contributed by atoms with Gasteiger partial charge in [-0.3, -0.25) is 0 Å². The molecule has 5 nitrogen and oxygen atoms in total. The number of fused-ring (bicyclic) bond motifs is 1. The van der Waals surface area contributed by atoms with Crippen molar-refractivity contribution in [2.45, 2.75) is 32.6 Å². The molecule has 0 amide bonds. The van der Waals surface area contributed by atoms with Crippen molar-refractivity contribution >= 4 is 28.3 Å². The van der Waals surface area contributed by atoms with Gasteiger partial charge >= 0.3 is 5.97 Å². The lowest BCUT2D eigenvalue weighted by molar-refractivity contribution is 0.0696. The van der Waals surface area contributed by atoms with Gasteiger partial charge in [0.15, 0.2) is 5.13 Å². The summed E-state index contributed by atoms with van der Waals surface area (Å²) < 4.78 is 0. The average molecular weight is 289 g/mol. The highest BCUT2D eigenvalue weighted by molar-refractivity contribution is 7.15. The molecule has 0 atom stereocenters. The molecule has 20 heavy (non-hydrogen) atoms. The molecular formula is C14H15N3O2S. The van der Waals surface area contributed by atoms with E-state index in [1.807, 2.05) is 0 Å². The summed E-state index contributed by atoms with van der Waals surface area (Å²) in [5.74, 6) is -0.412. The molecule has 0 bridgehead atoms. The average Bonchev–Trinajstić information content (AvgIpc) is 2.79. The zero-order chi connectivity index (χ0) is 14.1. The molecule has 1 aliphatic carbocycles. The third-order valence-corrected chi connectivity index (χ3v) is 4.35. The normalized spacial score (nSPS) is 13.8. The first-order valence-corrected chi connectivity index (χ1v) is 7.41.